The minimum absolute atomic E-state index is 0.0116. The summed E-state index contributed by atoms with van der Waals surface area (Å²) in [4.78, 5) is 25.8. The maximum atomic E-state index is 12.1. The zero-order valence-electron chi connectivity index (χ0n) is 12.0. The zero-order chi connectivity index (χ0) is 14.5. The monoisotopic (exact) mass is 275 g/mol. The molecule has 20 heavy (non-hydrogen) atoms. The molecule has 1 heterocycles. The molecule has 1 saturated heterocycles. The fraction of sp³-hybridized carbons (Fsp3) is 0.467. The molecule has 1 aromatic rings. The second-order valence-corrected chi connectivity index (χ2v) is 5.15. The molecule has 0 radical (unpaired) electrons. The standard InChI is InChI=1S/C15H21N3O2/c1-11-6-3-4-7-13(11)17-14(19)10-18-9-5-8-16-12(2)15(18)20/h3-4,6-7,12,16H,5,8-10H2,1-2H3,(H,17,19). The van der Waals surface area contributed by atoms with E-state index < -0.39 is 0 Å². The molecule has 1 aliphatic heterocycles. The highest BCUT2D eigenvalue weighted by atomic mass is 16.2. The Morgan fingerprint density at radius 1 is 1.45 bits per heavy atom. The molecule has 1 fully saturated rings. The van der Waals surface area contributed by atoms with Crippen molar-refractivity contribution in [2.45, 2.75) is 26.3 Å². The first-order valence-corrected chi connectivity index (χ1v) is 6.95. The molecular weight excluding hydrogens is 254 g/mol. The summed E-state index contributed by atoms with van der Waals surface area (Å²) in [5, 5.41) is 5.99. The first-order valence-electron chi connectivity index (χ1n) is 6.95. The van der Waals surface area contributed by atoms with Crippen molar-refractivity contribution in [3.05, 3.63) is 29.8 Å². The molecule has 1 aliphatic rings. The van der Waals surface area contributed by atoms with Crippen LogP contribution in [-0.2, 0) is 9.59 Å². The van der Waals surface area contributed by atoms with E-state index in [9.17, 15) is 9.59 Å². The van der Waals surface area contributed by atoms with Gasteiger partial charge in [0.05, 0.1) is 12.6 Å². The van der Waals surface area contributed by atoms with Gasteiger partial charge in [-0.2, -0.15) is 0 Å². The molecule has 0 aromatic heterocycles. The Morgan fingerprint density at radius 3 is 2.95 bits per heavy atom. The molecule has 2 N–H and O–H groups in total. The molecule has 2 amide bonds. The van der Waals surface area contributed by atoms with Crippen LogP contribution in [0.25, 0.3) is 0 Å². The van der Waals surface area contributed by atoms with Crippen LogP contribution in [0.15, 0.2) is 24.3 Å². The van der Waals surface area contributed by atoms with Crippen molar-refractivity contribution in [2.75, 3.05) is 25.0 Å². The first kappa shape index (κ1) is 14.5. The van der Waals surface area contributed by atoms with Crippen LogP contribution in [0.2, 0.25) is 0 Å². The summed E-state index contributed by atoms with van der Waals surface area (Å²) in [6.07, 6.45) is 0.869. The molecule has 5 nitrogen and oxygen atoms in total. The highest BCUT2D eigenvalue weighted by Crippen LogP contribution is 2.13. The summed E-state index contributed by atoms with van der Waals surface area (Å²) in [5.41, 5.74) is 1.81. The maximum Gasteiger partial charge on any atom is 0.244 e. The minimum Gasteiger partial charge on any atom is -0.332 e. The average Bonchev–Trinajstić information content (AvgIpc) is 2.57. The lowest BCUT2D eigenvalue weighted by molar-refractivity contribution is -0.135. The lowest BCUT2D eigenvalue weighted by Crippen LogP contribution is -2.44. The van der Waals surface area contributed by atoms with Crippen LogP contribution in [0.1, 0.15) is 18.9 Å². The van der Waals surface area contributed by atoms with Crippen LogP contribution >= 0.6 is 0 Å². The second kappa shape index (κ2) is 6.52. The molecule has 2 rings (SSSR count). The number of nitrogens with zero attached hydrogens (tertiary/aromatic N) is 1. The highest BCUT2D eigenvalue weighted by Gasteiger charge is 2.24. The lowest BCUT2D eigenvalue weighted by atomic mass is 10.2. The van der Waals surface area contributed by atoms with Crippen molar-refractivity contribution in [1.29, 1.82) is 0 Å². The Hall–Kier alpha value is -1.88. The number of carbonyl (C=O) groups is 2. The van der Waals surface area contributed by atoms with Gasteiger partial charge in [-0.3, -0.25) is 9.59 Å². The normalized spacial score (nSPS) is 19.6. The molecule has 1 atom stereocenters. The largest absolute Gasteiger partial charge is 0.332 e. The van der Waals surface area contributed by atoms with E-state index >= 15 is 0 Å². The van der Waals surface area contributed by atoms with Gasteiger partial charge in [0.2, 0.25) is 11.8 Å². The van der Waals surface area contributed by atoms with Gasteiger partial charge in [-0.05, 0) is 38.4 Å². The number of carbonyl (C=O) groups excluding carboxylic acids is 2. The first-order chi connectivity index (χ1) is 9.58. The summed E-state index contributed by atoms with van der Waals surface area (Å²) < 4.78 is 0. The predicted molar refractivity (Wildman–Crippen MR) is 78.5 cm³/mol. The van der Waals surface area contributed by atoms with Gasteiger partial charge in [0, 0.05) is 12.2 Å². The summed E-state index contributed by atoms with van der Waals surface area (Å²) in [6.45, 7) is 5.32. The quantitative estimate of drug-likeness (QED) is 0.869. The SMILES string of the molecule is Cc1ccccc1NC(=O)CN1CCCNC(C)C1=O. The number of nitrogens with one attached hydrogen (secondary N) is 2. The maximum absolute atomic E-state index is 12.1. The Bertz CT molecular complexity index is 502. The van der Waals surface area contributed by atoms with E-state index in [4.69, 9.17) is 0 Å². The van der Waals surface area contributed by atoms with E-state index in [2.05, 4.69) is 10.6 Å². The number of hydrogen-bond acceptors (Lipinski definition) is 3. The number of amides is 2. The molecule has 1 aromatic carbocycles. The van der Waals surface area contributed by atoms with E-state index in [1.54, 1.807) is 4.90 Å². The summed E-state index contributed by atoms with van der Waals surface area (Å²) >= 11 is 0. The number of para-hydroxylation sites is 1. The fourth-order valence-electron chi connectivity index (χ4n) is 2.29. The van der Waals surface area contributed by atoms with Gasteiger partial charge in [-0.25, -0.2) is 0 Å². The van der Waals surface area contributed by atoms with Crippen LogP contribution in [-0.4, -0.2) is 42.4 Å². The van der Waals surface area contributed by atoms with E-state index in [0.29, 0.717) is 6.54 Å². The van der Waals surface area contributed by atoms with Gasteiger partial charge < -0.3 is 15.5 Å². The number of hydrogen-bond donors (Lipinski definition) is 2. The lowest BCUT2D eigenvalue weighted by Gasteiger charge is -2.22. The number of anilines is 1. The Morgan fingerprint density at radius 2 is 2.20 bits per heavy atom. The van der Waals surface area contributed by atoms with E-state index in [0.717, 1.165) is 24.2 Å². The molecule has 5 heteroatoms. The van der Waals surface area contributed by atoms with Crippen molar-refractivity contribution >= 4 is 17.5 Å². The number of benzene rings is 1. The van der Waals surface area contributed by atoms with Crippen LogP contribution in [0.5, 0.6) is 0 Å². The summed E-state index contributed by atoms with van der Waals surface area (Å²) in [7, 11) is 0. The molecule has 0 saturated carbocycles. The van der Waals surface area contributed by atoms with Crippen LogP contribution in [0, 0.1) is 6.92 Å². The second-order valence-electron chi connectivity index (χ2n) is 5.15. The van der Waals surface area contributed by atoms with Gasteiger partial charge in [0.1, 0.15) is 0 Å². The van der Waals surface area contributed by atoms with Crippen molar-refractivity contribution in [2.24, 2.45) is 0 Å². The van der Waals surface area contributed by atoms with Gasteiger partial charge in [-0.1, -0.05) is 18.2 Å². The van der Waals surface area contributed by atoms with Gasteiger partial charge >= 0.3 is 0 Å². The third kappa shape index (κ3) is 3.57. The molecular formula is C15H21N3O2. The van der Waals surface area contributed by atoms with Gasteiger partial charge in [-0.15, -0.1) is 0 Å². The highest BCUT2D eigenvalue weighted by molar-refractivity contribution is 5.95. The molecule has 0 spiro atoms. The molecule has 0 bridgehead atoms. The predicted octanol–water partition coefficient (Wildman–Crippen LogP) is 1.14. The minimum atomic E-state index is -0.219. The number of rotatable bonds is 3. The summed E-state index contributed by atoms with van der Waals surface area (Å²) in [6, 6.07) is 7.40. The van der Waals surface area contributed by atoms with Crippen molar-refractivity contribution in [3.8, 4) is 0 Å². The van der Waals surface area contributed by atoms with Crippen LogP contribution in [0.4, 0.5) is 5.69 Å². The van der Waals surface area contributed by atoms with E-state index in [-0.39, 0.29) is 24.4 Å². The Labute approximate surface area is 119 Å². The molecule has 108 valence electrons. The summed E-state index contributed by atoms with van der Waals surface area (Å²) in [5.74, 6) is -0.163. The van der Waals surface area contributed by atoms with Gasteiger partial charge in [0.25, 0.3) is 0 Å². The third-order valence-electron chi connectivity index (χ3n) is 3.49. The van der Waals surface area contributed by atoms with Crippen molar-refractivity contribution in [1.82, 2.24) is 10.2 Å². The fourth-order valence-corrected chi connectivity index (χ4v) is 2.29. The van der Waals surface area contributed by atoms with Crippen molar-refractivity contribution < 1.29 is 9.59 Å². The van der Waals surface area contributed by atoms with E-state index in [1.807, 2.05) is 38.1 Å². The zero-order valence-corrected chi connectivity index (χ0v) is 12.0. The van der Waals surface area contributed by atoms with Crippen molar-refractivity contribution in [3.63, 3.8) is 0 Å². The van der Waals surface area contributed by atoms with Gasteiger partial charge in [0.15, 0.2) is 0 Å². The molecule has 1 unspecified atom stereocenters. The number of aryl methyl sites for hydroxylation is 1. The topological polar surface area (TPSA) is 61.4 Å². The smallest absolute Gasteiger partial charge is 0.244 e. The Balaban J connectivity index is 1.97. The van der Waals surface area contributed by atoms with Crippen LogP contribution < -0.4 is 10.6 Å². The average molecular weight is 275 g/mol. The van der Waals surface area contributed by atoms with E-state index in [1.165, 1.54) is 0 Å². The third-order valence-corrected chi connectivity index (χ3v) is 3.49. The van der Waals surface area contributed by atoms with Crippen LogP contribution in [0.3, 0.4) is 0 Å². The Kier molecular flexibility index (Phi) is 4.74. The molecule has 0 aliphatic carbocycles.